The molecule has 2 aliphatic rings. The maximum Gasteiger partial charge on any atom is 0.245 e. The van der Waals surface area contributed by atoms with Gasteiger partial charge in [-0.1, -0.05) is 20.8 Å². The van der Waals surface area contributed by atoms with E-state index in [2.05, 4.69) is 19.2 Å². The number of piperazine rings is 1. The van der Waals surface area contributed by atoms with Crippen LogP contribution in [0.4, 0.5) is 0 Å². The number of nitrogens with zero attached hydrogens (tertiary/aromatic N) is 1. The van der Waals surface area contributed by atoms with Crippen molar-refractivity contribution in [2.24, 2.45) is 11.8 Å². The second-order valence-electron chi connectivity index (χ2n) is 5.97. The highest BCUT2D eigenvalue weighted by molar-refractivity contribution is 5.97. The van der Waals surface area contributed by atoms with Crippen molar-refractivity contribution < 1.29 is 9.59 Å². The van der Waals surface area contributed by atoms with Gasteiger partial charge in [-0.25, -0.2) is 0 Å². The van der Waals surface area contributed by atoms with E-state index in [-0.39, 0.29) is 23.9 Å². The third kappa shape index (κ3) is 2.68. The van der Waals surface area contributed by atoms with Gasteiger partial charge in [0.05, 0.1) is 0 Å². The quantitative estimate of drug-likeness (QED) is 0.807. The van der Waals surface area contributed by atoms with Gasteiger partial charge in [-0.2, -0.15) is 0 Å². The van der Waals surface area contributed by atoms with Crippen molar-refractivity contribution in [1.82, 2.24) is 10.2 Å². The molecule has 18 heavy (non-hydrogen) atoms. The molecule has 0 radical (unpaired) electrons. The second-order valence-corrected chi connectivity index (χ2v) is 5.97. The number of amides is 2. The third-order valence-corrected chi connectivity index (χ3v) is 3.93. The van der Waals surface area contributed by atoms with Gasteiger partial charge in [-0.15, -0.1) is 0 Å². The predicted molar refractivity (Wildman–Crippen MR) is 69.9 cm³/mol. The van der Waals surface area contributed by atoms with E-state index in [1.54, 1.807) is 0 Å². The molecule has 2 unspecified atom stereocenters. The minimum absolute atomic E-state index is 0.0627. The van der Waals surface area contributed by atoms with E-state index in [9.17, 15) is 9.59 Å². The highest BCUT2D eigenvalue weighted by atomic mass is 16.2. The van der Waals surface area contributed by atoms with Gasteiger partial charge in [0.2, 0.25) is 11.8 Å². The fraction of sp³-hybridized carbons (Fsp3) is 0.857. The summed E-state index contributed by atoms with van der Waals surface area (Å²) in [6.07, 6.45) is 3.82. The summed E-state index contributed by atoms with van der Waals surface area (Å²) in [7, 11) is 0. The zero-order chi connectivity index (χ0) is 13.3. The van der Waals surface area contributed by atoms with Gasteiger partial charge in [0, 0.05) is 6.54 Å². The lowest BCUT2D eigenvalue weighted by atomic mass is 10.00. The van der Waals surface area contributed by atoms with Crippen LogP contribution in [0.3, 0.4) is 0 Å². The van der Waals surface area contributed by atoms with Gasteiger partial charge < -0.3 is 10.2 Å². The van der Waals surface area contributed by atoms with Gasteiger partial charge in [0.25, 0.3) is 0 Å². The minimum Gasteiger partial charge on any atom is -0.343 e. The van der Waals surface area contributed by atoms with E-state index in [1.807, 2.05) is 11.8 Å². The van der Waals surface area contributed by atoms with E-state index in [4.69, 9.17) is 0 Å². The van der Waals surface area contributed by atoms with Crippen LogP contribution in [0.25, 0.3) is 0 Å². The van der Waals surface area contributed by atoms with E-state index in [0.29, 0.717) is 18.3 Å². The van der Waals surface area contributed by atoms with Crippen LogP contribution in [-0.4, -0.2) is 35.3 Å². The van der Waals surface area contributed by atoms with Gasteiger partial charge >= 0.3 is 0 Å². The Balaban J connectivity index is 2.10. The number of carbonyl (C=O) groups excluding carboxylic acids is 2. The van der Waals surface area contributed by atoms with Crippen molar-refractivity contribution in [2.75, 3.05) is 6.54 Å². The highest BCUT2D eigenvalue weighted by Crippen LogP contribution is 2.37. The smallest absolute Gasteiger partial charge is 0.245 e. The van der Waals surface area contributed by atoms with Crippen molar-refractivity contribution in [3.8, 4) is 0 Å². The molecule has 4 heteroatoms. The SMILES string of the molecule is CCC1NC(=O)C(C2CC2)N(CCC(C)C)C1=O. The van der Waals surface area contributed by atoms with Crippen molar-refractivity contribution >= 4 is 11.8 Å². The molecule has 1 N–H and O–H groups in total. The topological polar surface area (TPSA) is 49.4 Å². The molecule has 0 aromatic rings. The molecular weight excluding hydrogens is 228 g/mol. The summed E-state index contributed by atoms with van der Waals surface area (Å²) in [5.41, 5.74) is 0. The first-order valence-electron chi connectivity index (χ1n) is 7.15. The molecule has 102 valence electrons. The summed E-state index contributed by atoms with van der Waals surface area (Å²) in [5.74, 6) is 1.14. The van der Waals surface area contributed by atoms with E-state index in [0.717, 1.165) is 25.8 Å². The second kappa shape index (κ2) is 5.29. The molecule has 2 atom stereocenters. The Bertz CT molecular complexity index is 337. The highest BCUT2D eigenvalue weighted by Gasteiger charge is 2.47. The predicted octanol–water partition coefficient (Wildman–Crippen LogP) is 1.55. The average molecular weight is 252 g/mol. The molecule has 4 nitrogen and oxygen atoms in total. The molecule has 1 saturated carbocycles. The molecule has 2 amide bonds. The molecule has 2 rings (SSSR count). The first kappa shape index (κ1) is 13.4. The Morgan fingerprint density at radius 2 is 2.00 bits per heavy atom. The maximum absolute atomic E-state index is 12.4. The van der Waals surface area contributed by atoms with E-state index in [1.165, 1.54) is 0 Å². The molecule has 0 spiro atoms. The van der Waals surface area contributed by atoms with Crippen LogP contribution in [0.1, 0.15) is 46.5 Å². The van der Waals surface area contributed by atoms with Gasteiger partial charge in [0.15, 0.2) is 0 Å². The van der Waals surface area contributed by atoms with Crippen molar-refractivity contribution in [2.45, 2.75) is 58.5 Å². The lowest BCUT2D eigenvalue weighted by Gasteiger charge is -2.39. The summed E-state index contributed by atoms with van der Waals surface area (Å²) in [6, 6.07) is -0.501. The lowest BCUT2D eigenvalue weighted by molar-refractivity contribution is -0.150. The normalized spacial score (nSPS) is 28.8. The zero-order valence-corrected chi connectivity index (χ0v) is 11.6. The van der Waals surface area contributed by atoms with Crippen molar-refractivity contribution in [3.05, 3.63) is 0 Å². The summed E-state index contributed by atoms with van der Waals surface area (Å²) in [6.45, 7) is 6.97. The number of hydrogen-bond donors (Lipinski definition) is 1. The zero-order valence-electron chi connectivity index (χ0n) is 11.6. The molecule has 1 saturated heterocycles. The monoisotopic (exact) mass is 252 g/mol. The van der Waals surface area contributed by atoms with Crippen LogP contribution in [0.15, 0.2) is 0 Å². The summed E-state index contributed by atoms with van der Waals surface area (Å²) >= 11 is 0. The summed E-state index contributed by atoms with van der Waals surface area (Å²) in [4.78, 5) is 26.4. The first-order chi connectivity index (χ1) is 8.54. The van der Waals surface area contributed by atoms with E-state index >= 15 is 0 Å². The molecule has 1 heterocycles. The first-order valence-corrected chi connectivity index (χ1v) is 7.15. The maximum atomic E-state index is 12.4. The van der Waals surface area contributed by atoms with Crippen LogP contribution in [-0.2, 0) is 9.59 Å². The van der Waals surface area contributed by atoms with Crippen molar-refractivity contribution in [3.63, 3.8) is 0 Å². The van der Waals surface area contributed by atoms with Gasteiger partial charge in [0.1, 0.15) is 12.1 Å². The number of rotatable bonds is 5. The van der Waals surface area contributed by atoms with Crippen molar-refractivity contribution in [1.29, 1.82) is 0 Å². The molecule has 0 aromatic carbocycles. The Kier molecular flexibility index (Phi) is 3.93. The van der Waals surface area contributed by atoms with Gasteiger partial charge in [-0.05, 0) is 37.5 Å². The molecule has 0 aromatic heterocycles. The molecule has 1 aliphatic heterocycles. The average Bonchev–Trinajstić information content (AvgIpc) is 3.13. The third-order valence-electron chi connectivity index (χ3n) is 3.93. The summed E-state index contributed by atoms with van der Waals surface area (Å²) < 4.78 is 0. The number of nitrogens with one attached hydrogen (secondary N) is 1. The van der Waals surface area contributed by atoms with Crippen LogP contribution >= 0.6 is 0 Å². The fourth-order valence-corrected chi connectivity index (χ4v) is 2.60. The van der Waals surface area contributed by atoms with Crippen LogP contribution in [0.5, 0.6) is 0 Å². The fourth-order valence-electron chi connectivity index (χ4n) is 2.60. The Labute approximate surface area is 109 Å². The van der Waals surface area contributed by atoms with Crippen LogP contribution < -0.4 is 5.32 Å². The summed E-state index contributed by atoms with van der Waals surface area (Å²) in [5, 5.41) is 2.87. The molecule has 0 bridgehead atoms. The lowest BCUT2D eigenvalue weighted by Crippen LogP contribution is -2.64. The Morgan fingerprint density at radius 3 is 2.50 bits per heavy atom. The Morgan fingerprint density at radius 1 is 1.33 bits per heavy atom. The number of carbonyl (C=O) groups is 2. The molecular formula is C14H24N2O2. The molecule has 1 aliphatic carbocycles. The minimum atomic E-state index is -0.306. The van der Waals surface area contributed by atoms with E-state index < -0.39 is 0 Å². The Hall–Kier alpha value is -1.06. The molecule has 2 fully saturated rings. The standard InChI is InChI=1S/C14H24N2O2/c1-4-11-14(18)16(8-7-9(2)3)12(10-5-6-10)13(17)15-11/h9-12H,4-8H2,1-3H3,(H,15,17). The number of hydrogen-bond acceptors (Lipinski definition) is 2. The van der Waals surface area contributed by atoms with Gasteiger partial charge in [-0.3, -0.25) is 9.59 Å². The van der Waals surface area contributed by atoms with Crippen LogP contribution in [0, 0.1) is 11.8 Å². The van der Waals surface area contributed by atoms with Crippen LogP contribution in [0.2, 0.25) is 0 Å². The largest absolute Gasteiger partial charge is 0.343 e.